The Balaban J connectivity index is 2.38. The summed E-state index contributed by atoms with van der Waals surface area (Å²) in [5.41, 5.74) is 8.22. The fourth-order valence-electron chi connectivity index (χ4n) is 2.11. The first-order valence-electron chi connectivity index (χ1n) is 6.14. The second kappa shape index (κ2) is 4.22. The van der Waals surface area contributed by atoms with Gasteiger partial charge in [-0.1, -0.05) is 19.9 Å². The third kappa shape index (κ3) is 2.55. The molecule has 94 valence electrons. The van der Waals surface area contributed by atoms with Crippen LogP contribution in [-0.4, -0.2) is 17.8 Å². The maximum atomic E-state index is 9.97. The lowest BCUT2D eigenvalue weighted by atomic mass is 9.95. The van der Waals surface area contributed by atoms with Gasteiger partial charge in [0.15, 0.2) is 11.5 Å². The molecule has 1 aliphatic rings. The summed E-state index contributed by atoms with van der Waals surface area (Å²) in [7, 11) is 1.59. The minimum atomic E-state index is -0.0741. The predicted molar refractivity (Wildman–Crippen MR) is 68.6 cm³/mol. The maximum absolute atomic E-state index is 9.97. The van der Waals surface area contributed by atoms with Gasteiger partial charge in [0, 0.05) is 11.1 Å². The Bertz CT molecular complexity index is 422. The second-order valence-corrected chi connectivity index (χ2v) is 5.43. The Labute approximate surface area is 103 Å². The molecule has 1 saturated carbocycles. The summed E-state index contributed by atoms with van der Waals surface area (Å²) in [5, 5.41) is 9.97. The van der Waals surface area contributed by atoms with Crippen LogP contribution in [0.2, 0.25) is 0 Å². The summed E-state index contributed by atoms with van der Waals surface area (Å²) >= 11 is 0. The molecule has 0 bridgehead atoms. The molecule has 2 rings (SSSR count). The molecule has 3 N–H and O–H groups in total. The number of phenols is 1. The molecule has 0 aromatic heterocycles. The molecule has 17 heavy (non-hydrogen) atoms. The number of aromatic hydroxyl groups is 1. The monoisotopic (exact) mass is 235 g/mol. The summed E-state index contributed by atoms with van der Waals surface area (Å²) in [6.07, 6.45) is 2.90. The minimum Gasteiger partial charge on any atom is -0.504 e. The second-order valence-electron chi connectivity index (χ2n) is 5.43. The molecule has 0 unspecified atom stereocenters. The number of ether oxygens (including phenoxy) is 1. The van der Waals surface area contributed by atoms with Crippen molar-refractivity contribution in [2.24, 2.45) is 5.73 Å². The fraction of sp³-hybridized carbons (Fsp3) is 0.571. The van der Waals surface area contributed by atoms with Crippen LogP contribution in [0, 0.1) is 0 Å². The summed E-state index contributed by atoms with van der Waals surface area (Å²) in [6.45, 7) is 4.22. The van der Waals surface area contributed by atoms with Crippen LogP contribution in [0.15, 0.2) is 12.1 Å². The highest BCUT2D eigenvalue weighted by Crippen LogP contribution is 2.41. The van der Waals surface area contributed by atoms with Crippen molar-refractivity contribution in [2.75, 3.05) is 7.11 Å². The summed E-state index contributed by atoms with van der Waals surface area (Å²) in [6, 6.07) is 3.89. The zero-order valence-electron chi connectivity index (χ0n) is 10.8. The van der Waals surface area contributed by atoms with Crippen molar-refractivity contribution in [1.29, 1.82) is 0 Å². The SMILES string of the molecule is COc1c(O)cc(C(C)C)cc1CC1(N)CC1. The van der Waals surface area contributed by atoms with Gasteiger partial charge in [0.25, 0.3) is 0 Å². The molecule has 1 aromatic carbocycles. The van der Waals surface area contributed by atoms with E-state index in [1.54, 1.807) is 13.2 Å². The number of hydrogen-bond donors (Lipinski definition) is 2. The van der Waals surface area contributed by atoms with Crippen LogP contribution in [0.3, 0.4) is 0 Å². The van der Waals surface area contributed by atoms with Gasteiger partial charge in [-0.25, -0.2) is 0 Å². The van der Waals surface area contributed by atoms with E-state index in [9.17, 15) is 5.11 Å². The predicted octanol–water partition coefficient (Wildman–Crippen LogP) is 2.56. The first-order chi connectivity index (χ1) is 7.95. The number of phenolic OH excluding ortho intramolecular Hbond substituents is 1. The number of nitrogens with two attached hydrogens (primary N) is 1. The van der Waals surface area contributed by atoms with Crippen LogP contribution in [0.1, 0.15) is 43.7 Å². The standard InChI is InChI=1S/C14H21NO2/c1-9(2)10-6-11(8-14(15)4-5-14)13(17-3)12(16)7-10/h6-7,9,16H,4-5,8,15H2,1-3H3. The van der Waals surface area contributed by atoms with Gasteiger partial charge < -0.3 is 15.6 Å². The quantitative estimate of drug-likeness (QED) is 0.843. The van der Waals surface area contributed by atoms with E-state index in [0.717, 1.165) is 30.4 Å². The summed E-state index contributed by atoms with van der Waals surface area (Å²) in [5.74, 6) is 1.18. The largest absolute Gasteiger partial charge is 0.504 e. The summed E-state index contributed by atoms with van der Waals surface area (Å²) < 4.78 is 5.28. The Morgan fingerprint density at radius 3 is 2.53 bits per heavy atom. The zero-order chi connectivity index (χ0) is 12.6. The molecule has 1 fully saturated rings. The van der Waals surface area contributed by atoms with Crippen LogP contribution in [0.4, 0.5) is 0 Å². The van der Waals surface area contributed by atoms with Crippen LogP contribution in [-0.2, 0) is 6.42 Å². The van der Waals surface area contributed by atoms with Gasteiger partial charge in [-0.15, -0.1) is 0 Å². The van der Waals surface area contributed by atoms with Crippen LogP contribution >= 0.6 is 0 Å². The molecule has 0 spiro atoms. The topological polar surface area (TPSA) is 55.5 Å². The minimum absolute atomic E-state index is 0.0741. The highest BCUT2D eigenvalue weighted by molar-refractivity contribution is 5.50. The van der Waals surface area contributed by atoms with Crippen molar-refractivity contribution >= 4 is 0 Å². The van der Waals surface area contributed by atoms with Crippen molar-refractivity contribution in [1.82, 2.24) is 0 Å². The Morgan fingerprint density at radius 2 is 2.06 bits per heavy atom. The van der Waals surface area contributed by atoms with Gasteiger partial charge in [0.1, 0.15) is 0 Å². The van der Waals surface area contributed by atoms with E-state index in [-0.39, 0.29) is 11.3 Å². The average molecular weight is 235 g/mol. The molecule has 0 radical (unpaired) electrons. The Morgan fingerprint density at radius 1 is 1.41 bits per heavy atom. The van der Waals surface area contributed by atoms with Crippen molar-refractivity contribution in [2.45, 2.75) is 44.6 Å². The number of hydrogen-bond acceptors (Lipinski definition) is 3. The average Bonchev–Trinajstić information content (AvgIpc) is 2.95. The van der Waals surface area contributed by atoms with Crippen LogP contribution < -0.4 is 10.5 Å². The lowest BCUT2D eigenvalue weighted by molar-refractivity contribution is 0.367. The van der Waals surface area contributed by atoms with E-state index in [1.807, 2.05) is 0 Å². The zero-order valence-corrected chi connectivity index (χ0v) is 10.8. The van der Waals surface area contributed by atoms with Gasteiger partial charge in [0.2, 0.25) is 0 Å². The molecule has 0 amide bonds. The third-order valence-electron chi connectivity index (χ3n) is 3.47. The van der Waals surface area contributed by atoms with E-state index in [0.29, 0.717) is 11.7 Å². The first kappa shape index (κ1) is 12.2. The number of rotatable bonds is 4. The highest BCUT2D eigenvalue weighted by atomic mass is 16.5. The smallest absolute Gasteiger partial charge is 0.163 e. The van der Waals surface area contributed by atoms with Crippen molar-refractivity contribution in [3.05, 3.63) is 23.3 Å². The third-order valence-corrected chi connectivity index (χ3v) is 3.47. The van der Waals surface area contributed by atoms with E-state index in [2.05, 4.69) is 19.9 Å². The van der Waals surface area contributed by atoms with Gasteiger partial charge in [-0.2, -0.15) is 0 Å². The van der Waals surface area contributed by atoms with E-state index in [1.165, 1.54) is 0 Å². The van der Waals surface area contributed by atoms with Gasteiger partial charge in [-0.3, -0.25) is 0 Å². The molecule has 0 saturated heterocycles. The van der Waals surface area contributed by atoms with Crippen LogP contribution in [0.5, 0.6) is 11.5 Å². The molecule has 1 aliphatic carbocycles. The molecule has 3 heteroatoms. The van der Waals surface area contributed by atoms with Gasteiger partial charge in [0.05, 0.1) is 7.11 Å². The molecule has 0 atom stereocenters. The fourth-order valence-corrected chi connectivity index (χ4v) is 2.11. The number of benzene rings is 1. The molecule has 0 heterocycles. The van der Waals surface area contributed by atoms with E-state index < -0.39 is 0 Å². The molecular weight excluding hydrogens is 214 g/mol. The molecule has 1 aromatic rings. The maximum Gasteiger partial charge on any atom is 0.163 e. The van der Waals surface area contributed by atoms with Crippen molar-refractivity contribution in [3.8, 4) is 11.5 Å². The molecule has 3 nitrogen and oxygen atoms in total. The lowest BCUT2D eigenvalue weighted by Crippen LogP contribution is -2.24. The highest BCUT2D eigenvalue weighted by Gasteiger charge is 2.39. The molecular formula is C14H21NO2. The number of methoxy groups -OCH3 is 1. The van der Waals surface area contributed by atoms with Crippen molar-refractivity contribution in [3.63, 3.8) is 0 Å². The van der Waals surface area contributed by atoms with Crippen molar-refractivity contribution < 1.29 is 9.84 Å². The Hall–Kier alpha value is -1.22. The van der Waals surface area contributed by atoms with E-state index >= 15 is 0 Å². The first-order valence-corrected chi connectivity index (χ1v) is 6.14. The Kier molecular flexibility index (Phi) is 3.04. The van der Waals surface area contributed by atoms with Crippen LogP contribution in [0.25, 0.3) is 0 Å². The van der Waals surface area contributed by atoms with Gasteiger partial charge >= 0.3 is 0 Å². The summed E-state index contributed by atoms with van der Waals surface area (Å²) in [4.78, 5) is 0. The lowest BCUT2D eigenvalue weighted by Gasteiger charge is -2.17. The molecule has 0 aliphatic heterocycles. The van der Waals surface area contributed by atoms with E-state index in [4.69, 9.17) is 10.5 Å². The van der Waals surface area contributed by atoms with Gasteiger partial charge in [-0.05, 0) is 36.8 Å². The normalized spacial score (nSPS) is 17.2.